The Morgan fingerprint density at radius 3 is 2.80 bits per heavy atom. The minimum Gasteiger partial charge on any atom is -0.458 e. The Hall–Kier alpha value is -2.18. The monoisotopic (exact) mass is 348 g/mol. The summed E-state index contributed by atoms with van der Waals surface area (Å²) >= 11 is 0. The summed E-state index contributed by atoms with van der Waals surface area (Å²) in [5.74, 6) is -1.80. The Balaban J connectivity index is 2.38. The fraction of sp³-hybridized carbons (Fsp3) is 0.474. The molecule has 0 amide bonds. The molecule has 6 nitrogen and oxygen atoms in total. The predicted octanol–water partition coefficient (Wildman–Crippen LogP) is 1.59. The molecule has 1 saturated heterocycles. The van der Waals surface area contributed by atoms with Crippen molar-refractivity contribution >= 4 is 11.9 Å². The Morgan fingerprint density at radius 2 is 2.16 bits per heavy atom. The van der Waals surface area contributed by atoms with Gasteiger partial charge in [-0.2, -0.15) is 0 Å². The molecule has 0 unspecified atom stereocenters. The third-order valence-electron chi connectivity index (χ3n) is 4.48. The lowest BCUT2D eigenvalue weighted by atomic mass is 9.85. The van der Waals surface area contributed by atoms with Gasteiger partial charge >= 0.3 is 11.9 Å². The van der Waals surface area contributed by atoms with Crippen molar-refractivity contribution < 1.29 is 29.3 Å². The van der Waals surface area contributed by atoms with Gasteiger partial charge in [-0.05, 0) is 31.4 Å². The van der Waals surface area contributed by atoms with Crippen LogP contribution in [0.1, 0.15) is 26.2 Å². The summed E-state index contributed by atoms with van der Waals surface area (Å²) in [6, 6.07) is 0. The summed E-state index contributed by atoms with van der Waals surface area (Å²) in [6.07, 6.45) is 4.23. The van der Waals surface area contributed by atoms with Crippen molar-refractivity contribution in [2.24, 2.45) is 5.92 Å². The van der Waals surface area contributed by atoms with E-state index in [0.29, 0.717) is 12.8 Å². The van der Waals surface area contributed by atoms with E-state index in [4.69, 9.17) is 14.6 Å². The fourth-order valence-corrected chi connectivity index (χ4v) is 3.06. The van der Waals surface area contributed by atoms with Gasteiger partial charge in [0.15, 0.2) is 0 Å². The molecule has 0 radical (unpaired) electrons. The molecule has 136 valence electrons. The lowest BCUT2D eigenvalue weighted by Crippen LogP contribution is -2.34. The molecule has 1 heterocycles. The number of fused-ring (bicyclic) bond motifs is 1. The number of carbonyl (C=O) groups excluding carboxylic acids is 2. The number of aliphatic hydroxyl groups is 2. The Kier molecular flexibility index (Phi) is 6.33. The molecule has 0 bridgehead atoms. The van der Waals surface area contributed by atoms with E-state index in [2.05, 4.69) is 13.2 Å². The summed E-state index contributed by atoms with van der Waals surface area (Å²) in [6.45, 7) is 8.55. The van der Waals surface area contributed by atoms with Crippen LogP contribution in [0.2, 0.25) is 0 Å². The van der Waals surface area contributed by atoms with Gasteiger partial charge in [0.25, 0.3) is 0 Å². The maximum Gasteiger partial charge on any atom is 0.336 e. The van der Waals surface area contributed by atoms with Gasteiger partial charge in [0.05, 0.1) is 24.7 Å². The van der Waals surface area contributed by atoms with Crippen LogP contribution in [0.5, 0.6) is 0 Å². The van der Waals surface area contributed by atoms with Crippen LogP contribution in [0.4, 0.5) is 0 Å². The van der Waals surface area contributed by atoms with E-state index in [1.807, 2.05) is 13.0 Å². The molecule has 2 rings (SSSR count). The molecule has 25 heavy (non-hydrogen) atoms. The molecule has 1 aliphatic carbocycles. The molecular formula is C19H24O6. The number of ether oxygens (including phenoxy) is 2. The molecule has 3 atom stereocenters. The van der Waals surface area contributed by atoms with Gasteiger partial charge in [0, 0.05) is 12.0 Å². The first-order valence-electron chi connectivity index (χ1n) is 8.22. The fourth-order valence-electron chi connectivity index (χ4n) is 3.06. The van der Waals surface area contributed by atoms with Crippen LogP contribution >= 0.6 is 0 Å². The maximum absolute atomic E-state index is 12.1. The van der Waals surface area contributed by atoms with E-state index in [1.165, 1.54) is 0 Å². The van der Waals surface area contributed by atoms with Gasteiger partial charge in [-0.1, -0.05) is 24.8 Å². The van der Waals surface area contributed by atoms with Crippen molar-refractivity contribution in [3.05, 3.63) is 47.6 Å². The van der Waals surface area contributed by atoms with Gasteiger partial charge in [-0.3, -0.25) is 0 Å². The Bertz CT molecular complexity index is 642. The molecule has 0 aromatic carbocycles. The van der Waals surface area contributed by atoms with E-state index in [1.54, 1.807) is 6.08 Å². The highest BCUT2D eigenvalue weighted by atomic mass is 16.6. The van der Waals surface area contributed by atoms with Crippen molar-refractivity contribution in [2.45, 2.75) is 38.4 Å². The second-order valence-corrected chi connectivity index (χ2v) is 6.40. The molecule has 2 N–H and O–H groups in total. The zero-order chi connectivity index (χ0) is 18.6. The van der Waals surface area contributed by atoms with Crippen LogP contribution in [0.25, 0.3) is 0 Å². The largest absolute Gasteiger partial charge is 0.458 e. The number of hydrogen-bond donors (Lipinski definition) is 2. The average Bonchev–Trinajstić information content (AvgIpc) is 2.86. The zero-order valence-corrected chi connectivity index (χ0v) is 14.4. The van der Waals surface area contributed by atoms with Crippen LogP contribution in [0.3, 0.4) is 0 Å². The van der Waals surface area contributed by atoms with Crippen LogP contribution in [-0.4, -0.2) is 47.6 Å². The lowest BCUT2D eigenvalue weighted by molar-refractivity contribution is -0.147. The predicted molar refractivity (Wildman–Crippen MR) is 91.4 cm³/mol. The molecule has 0 spiro atoms. The molecule has 1 aliphatic heterocycles. The number of allylic oxidation sites excluding steroid dienone is 1. The first-order chi connectivity index (χ1) is 11.9. The third kappa shape index (κ3) is 4.46. The summed E-state index contributed by atoms with van der Waals surface area (Å²) < 4.78 is 10.9. The first kappa shape index (κ1) is 19.1. The van der Waals surface area contributed by atoms with E-state index in [0.717, 1.165) is 17.6 Å². The quantitative estimate of drug-likeness (QED) is 0.455. The van der Waals surface area contributed by atoms with Crippen molar-refractivity contribution in [1.29, 1.82) is 0 Å². The summed E-state index contributed by atoms with van der Waals surface area (Å²) in [4.78, 5) is 24.1. The average molecular weight is 348 g/mol. The standard InChI is InChI=1S/C19H24O6/c1-11-5-4-6-14(10-21)8-16-17(13(3)19(23)25-16)15(7-11)24-18(22)12(2)9-20/h5,8,15-17,20-21H,2-4,6-7,9-10H2,1H3/b11-5+,14-8-/t15-,16+,17+/m1/s1. The van der Waals surface area contributed by atoms with Crippen molar-refractivity contribution in [1.82, 2.24) is 0 Å². The van der Waals surface area contributed by atoms with E-state index in [-0.39, 0.29) is 17.8 Å². The van der Waals surface area contributed by atoms with Gasteiger partial charge in [-0.25, -0.2) is 9.59 Å². The van der Waals surface area contributed by atoms with Crippen LogP contribution in [0.15, 0.2) is 47.6 Å². The van der Waals surface area contributed by atoms with Crippen LogP contribution < -0.4 is 0 Å². The molecule has 0 aromatic heterocycles. The number of carbonyl (C=O) groups is 2. The first-order valence-corrected chi connectivity index (χ1v) is 8.22. The summed E-state index contributed by atoms with van der Waals surface area (Å²) in [5, 5.41) is 18.6. The Labute approximate surface area is 147 Å². The van der Waals surface area contributed by atoms with E-state index in [9.17, 15) is 14.7 Å². The number of esters is 2. The van der Waals surface area contributed by atoms with Gasteiger partial charge in [0.2, 0.25) is 0 Å². The maximum atomic E-state index is 12.1. The smallest absolute Gasteiger partial charge is 0.336 e. The number of hydrogen-bond acceptors (Lipinski definition) is 6. The molecule has 1 fully saturated rings. The normalized spacial score (nSPS) is 31.1. The molecule has 2 aliphatic rings. The lowest BCUT2D eigenvalue weighted by Gasteiger charge is -2.27. The van der Waals surface area contributed by atoms with E-state index >= 15 is 0 Å². The van der Waals surface area contributed by atoms with Crippen LogP contribution in [0, 0.1) is 5.92 Å². The molecular weight excluding hydrogens is 324 g/mol. The SMILES string of the molecule is C=C(CO)C(=O)O[C@@H]1C/C(C)=C/CC/C(CO)=C/[C@@H]2OC(=O)C(=C)[C@H]21. The summed E-state index contributed by atoms with van der Waals surface area (Å²) in [7, 11) is 0. The second-order valence-electron chi connectivity index (χ2n) is 6.40. The van der Waals surface area contributed by atoms with Crippen molar-refractivity contribution in [2.75, 3.05) is 13.2 Å². The van der Waals surface area contributed by atoms with Crippen LogP contribution in [-0.2, 0) is 19.1 Å². The van der Waals surface area contributed by atoms with E-state index < -0.39 is 36.7 Å². The van der Waals surface area contributed by atoms with Gasteiger partial charge in [-0.15, -0.1) is 0 Å². The van der Waals surface area contributed by atoms with Crippen molar-refractivity contribution in [3.63, 3.8) is 0 Å². The summed E-state index contributed by atoms with van der Waals surface area (Å²) in [5.41, 5.74) is 1.93. The number of aliphatic hydroxyl groups excluding tert-OH is 2. The van der Waals surface area contributed by atoms with Gasteiger partial charge in [0.1, 0.15) is 12.2 Å². The highest BCUT2D eigenvalue weighted by Gasteiger charge is 2.44. The topological polar surface area (TPSA) is 93.1 Å². The van der Waals surface area contributed by atoms with Gasteiger partial charge < -0.3 is 19.7 Å². The highest BCUT2D eigenvalue weighted by molar-refractivity contribution is 5.92. The van der Waals surface area contributed by atoms with Crippen molar-refractivity contribution in [3.8, 4) is 0 Å². The third-order valence-corrected chi connectivity index (χ3v) is 4.48. The molecule has 0 aromatic rings. The minimum atomic E-state index is -0.713. The highest BCUT2D eigenvalue weighted by Crippen LogP contribution is 2.36. The minimum absolute atomic E-state index is 0.0577. The Morgan fingerprint density at radius 1 is 1.44 bits per heavy atom. The molecule has 6 heteroatoms. The second kappa shape index (κ2) is 8.27. The number of rotatable bonds is 4. The zero-order valence-electron chi connectivity index (χ0n) is 14.4. The molecule has 0 saturated carbocycles.